The molecule has 3 nitrogen and oxygen atoms in total. The second kappa shape index (κ2) is 10.3. The van der Waals surface area contributed by atoms with Gasteiger partial charge in [-0.2, -0.15) is 12.2 Å². The average molecular weight is 319 g/mol. The van der Waals surface area contributed by atoms with Crippen LogP contribution in [-0.4, -0.2) is 36.9 Å². The quantitative estimate of drug-likeness (QED) is 0.245. The van der Waals surface area contributed by atoms with Crippen LogP contribution in [0.2, 0.25) is 0 Å². The smallest absolute Gasteiger partial charge is 0.332 e. The van der Waals surface area contributed by atoms with Gasteiger partial charge in [0.2, 0.25) is 0 Å². The van der Waals surface area contributed by atoms with Gasteiger partial charge in [-0.25, -0.2) is 0 Å². The molecule has 0 bridgehead atoms. The summed E-state index contributed by atoms with van der Waals surface area (Å²) in [6.45, 7) is 6.68. The fourth-order valence-electron chi connectivity index (χ4n) is 2.09. The Balaban J connectivity index is 2.31. The van der Waals surface area contributed by atoms with Crippen LogP contribution in [0.3, 0.4) is 0 Å². The number of carbonyl (C=O) groups is 1. The maximum absolute atomic E-state index is 11.6. The van der Waals surface area contributed by atoms with Crippen molar-refractivity contribution in [3.63, 3.8) is 0 Å². The van der Waals surface area contributed by atoms with E-state index in [1.54, 1.807) is 7.20 Å². The summed E-state index contributed by atoms with van der Waals surface area (Å²) in [6.07, 6.45) is 3.12. The molecule has 1 radical (unpaired) electrons. The number of rotatable bonds is 8. The summed E-state index contributed by atoms with van der Waals surface area (Å²) in [6, 6.07) is 0. The molecule has 1 unspecified atom stereocenters. The van der Waals surface area contributed by atoms with E-state index in [-0.39, 0.29) is 17.3 Å². The second-order valence-electron chi connectivity index (χ2n) is 4.45. The van der Waals surface area contributed by atoms with Gasteiger partial charge in [0.25, 0.3) is 0 Å². The van der Waals surface area contributed by atoms with Gasteiger partial charge in [0.1, 0.15) is 0 Å². The van der Waals surface area contributed by atoms with Gasteiger partial charge in [-0.3, -0.25) is 4.79 Å². The SMILES string of the molecule is C=C1C[C@H](CC(=O)SCC)O[C@@H](CCO[B]PS)C1. The third-order valence-electron chi connectivity index (χ3n) is 2.81. The highest BCUT2D eigenvalue weighted by Crippen LogP contribution is 2.28. The van der Waals surface area contributed by atoms with Crippen LogP contribution in [0.5, 0.6) is 0 Å². The minimum absolute atomic E-state index is 0.00599. The zero-order valence-corrected chi connectivity index (χ0v) is 14.0. The van der Waals surface area contributed by atoms with E-state index >= 15 is 0 Å². The van der Waals surface area contributed by atoms with E-state index in [0.717, 1.165) is 25.0 Å². The lowest BCUT2D eigenvalue weighted by atomic mass is 9.96. The molecule has 0 aromatic heterocycles. The Hall–Kier alpha value is 0.525. The topological polar surface area (TPSA) is 35.5 Å². The standard InChI is InChI=1S/C12H21BO3PS2/c1-3-19-12(14)8-11-7-9(2)6-10(16-11)4-5-15-13-17-18/h10-11,17-18H,2-8H2,1H3/t10-,11+/m0/s1. The van der Waals surface area contributed by atoms with Gasteiger partial charge in [-0.15, -0.1) is 0 Å². The lowest BCUT2D eigenvalue weighted by Gasteiger charge is -2.31. The third kappa shape index (κ3) is 7.76. The predicted octanol–water partition coefficient (Wildman–Crippen LogP) is 3.22. The molecule has 0 aromatic rings. The van der Waals surface area contributed by atoms with Crippen LogP contribution in [0.4, 0.5) is 0 Å². The summed E-state index contributed by atoms with van der Waals surface area (Å²) in [7, 11) is 2.11. The molecule has 107 valence electrons. The van der Waals surface area contributed by atoms with Gasteiger partial charge in [-0.05, 0) is 25.0 Å². The first-order chi connectivity index (χ1) is 9.15. The maximum atomic E-state index is 11.6. The fraction of sp³-hybridized carbons (Fsp3) is 0.750. The van der Waals surface area contributed by atoms with Crippen molar-refractivity contribution in [2.45, 2.75) is 44.8 Å². The molecule has 1 saturated heterocycles. The Morgan fingerprint density at radius 1 is 1.63 bits per heavy atom. The first-order valence-corrected chi connectivity index (χ1v) is 9.81. The summed E-state index contributed by atoms with van der Waals surface area (Å²) < 4.78 is 11.3. The van der Waals surface area contributed by atoms with Crippen LogP contribution in [-0.2, 0) is 14.2 Å². The second-order valence-corrected chi connectivity index (χ2v) is 7.04. The zero-order valence-electron chi connectivity index (χ0n) is 11.3. The lowest BCUT2D eigenvalue weighted by Crippen LogP contribution is -2.31. The Morgan fingerprint density at radius 3 is 3.05 bits per heavy atom. The van der Waals surface area contributed by atoms with E-state index in [1.165, 1.54) is 17.3 Å². The first kappa shape index (κ1) is 17.6. The highest BCUT2D eigenvalue weighted by Gasteiger charge is 2.26. The summed E-state index contributed by atoms with van der Waals surface area (Å²) in [4.78, 5) is 11.6. The number of thiol groups is 1. The number of hydrogen-bond donors (Lipinski definition) is 1. The van der Waals surface area contributed by atoms with Crippen LogP contribution < -0.4 is 0 Å². The molecule has 0 aromatic carbocycles. The number of carbonyl (C=O) groups excluding carboxylic acids is 1. The summed E-state index contributed by atoms with van der Waals surface area (Å²) in [5, 5.41) is 0.210. The number of thioether (sulfide) groups is 1. The molecule has 7 heteroatoms. The fourth-order valence-corrected chi connectivity index (χ4v) is 3.13. The van der Waals surface area contributed by atoms with Gasteiger partial charge < -0.3 is 9.39 Å². The monoisotopic (exact) mass is 319 g/mol. The molecule has 1 aliphatic heterocycles. The zero-order chi connectivity index (χ0) is 14.1. The van der Waals surface area contributed by atoms with Gasteiger partial charge >= 0.3 is 7.20 Å². The Bertz CT molecular complexity index is 305. The van der Waals surface area contributed by atoms with E-state index in [1.807, 2.05) is 6.92 Å². The molecule has 1 fully saturated rings. The van der Waals surface area contributed by atoms with E-state index in [9.17, 15) is 4.79 Å². The van der Waals surface area contributed by atoms with E-state index in [4.69, 9.17) is 9.39 Å². The highest BCUT2D eigenvalue weighted by atomic mass is 32.7. The van der Waals surface area contributed by atoms with Crippen molar-refractivity contribution in [1.82, 2.24) is 0 Å². The molecule has 0 spiro atoms. The molecular weight excluding hydrogens is 298 g/mol. The maximum Gasteiger partial charge on any atom is 0.332 e. The van der Waals surface area contributed by atoms with Crippen molar-refractivity contribution in [1.29, 1.82) is 0 Å². The van der Waals surface area contributed by atoms with Crippen LogP contribution >= 0.6 is 31.7 Å². The van der Waals surface area contributed by atoms with Crippen LogP contribution in [0, 0.1) is 0 Å². The molecule has 0 amide bonds. The van der Waals surface area contributed by atoms with Crippen molar-refractivity contribution < 1.29 is 14.2 Å². The van der Waals surface area contributed by atoms with Gasteiger partial charge in [0.05, 0.1) is 12.2 Å². The van der Waals surface area contributed by atoms with Gasteiger partial charge in [0.15, 0.2) is 5.12 Å². The van der Waals surface area contributed by atoms with E-state index in [2.05, 4.69) is 18.8 Å². The van der Waals surface area contributed by atoms with Crippen LogP contribution in [0.1, 0.15) is 32.6 Å². The van der Waals surface area contributed by atoms with Crippen LogP contribution in [0.25, 0.3) is 0 Å². The Morgan fingerprint density at radius 2 is 2.37 bits per heavy atom. The minimum atomic E-state index is -0.00599. The molecule has 1 heterocycles. The van der Waals surface area contributed by atoms with Gasteiger partial charge in [-0.1, -0.05) is 38.5 Å². The Kier molecular flexibility index (Phi) is 9.51. The summed E-state index contributed by atoms with van der Waals surface area (Å²) in [5.41, 5.74) is 1.18. The van der Waals surface area contributed by atoms with Gasteiger partial charge in [0, 0.05) is 13.0 Å². The molecule has 0 saturated carbocycles. The average Bonchev–Trinajstić information content (AvgIpc) is 2.34. The van der Waals surface area contributed by atoms with Crippen LogP contribution in [0.15, 0.2) is 12.2 Å². The molecular formula is C12H21BO3PS2. The van der Waals surface area contributed by atoms with E-state index in [0.29, 0.717) is 20.7 Å². The number of hydrogen-bond acceptors (Lipinski definition) is 5. The summed E-state index contributed by atoms with van der Waals surface area (Å²) >= 11 is 5.43. The molecule has 0 N–H and O–H groups in total. The van der Waals surface area contributed by atoms with Crippen molar-refractivity contribution >= 4 is 44.0 Å². The van der Waals surface area contributed by atoms with Crippen molar-refractivity contribution in [3.05, 3.63) is 12.2 Å². The molecule has 1 aliphatic rings. The minimum Gasteiger partial charge on any atom is -0.434 e. The highest BCUT2D eigenvalue weighted by molar-refractivity contribution is 8.46. The third-order valence-corrected chi connectivity index (χ3v) is 4.18. The van der Waals surface area contributed by atoms with E-state index < -0.39 is 0 Å². The molecule has 3 atom stereocenters. The molecule has 0 aliphatic carbocycles. The lowest BCUT2D eigenvalue weighted by molar-refractivity contribution is -0.116. The largest absolute Gasteiger partial charge is 0.434 e. The number of ether oxygens (including phenoxy) is 1. The van der Waals surface area contributed by atoms with Crippen molar-refractivity contribution in [3.8, 4) is 0 Å². The normalized spacial score (nSPS) is 24.0. The predicted molar refractivity (Wildman–Crippen MR) is 88.4 cm³/mol. The summed E-state index contributed by atoms with van der Waals surface area (Å²) in [5.74, 6) is 0.824. The van der Waals surface area contributed by atoms with Crippen molar-refractivity contribution in [2.75, 3.05) is 12.4 Å². The molecule has 19 heavy (non-hydrogen) atoms. The first-order valence-electron chi connectivity index (χ1n) is 6.46. The van der Waals surface area contributed by atoms with Crippen molar-refractivity contribution in [2.24, 2.45) is 0 Å². The molecule has 1 rings (SSSR count). The Labute approximate surface area is 127 Å².